The van der Waals surface area contributed by atoms with E-state index in [4.69, 9.17) is 0 Å². The SMILES string of the molecule is CCSNC(=O)c1ccc(C)c(-c2cccc(C)n2)c1. The van der Waals surface area contributed by atoms with Crippen LogP contribution < -0.4 is 4.72 Å². The standard InChI is InChI=1S/C16H18N2OS/c1-4-20-18-16(19)13-9-8-11(2)14(10-13)15-7-5-6-12(3)17-15/h5-10H,4H2,1-3H3,(H,18,19). The van der Waals surface area contributed by atoms with Crippen LogP contribution in [0.4, 0.5) is 0 Å². The Balaban J connectivity index is 2.36. The van der Waals surface area contributed by atoms with Gasteiger partial charge in [0.15, 0.2) is 0 Å². The molecule has 104 valence electrons. The van der Waals surface area contributed by atoms with Crippen molar-refractivity contribution in [1.82, 2.24) is 9.71 Å². The van der Waals surface area contributed by atoms with Gasteiger partial charge in [-0.15, -0.1) is 0 Å². The Bertz CT molecular complexity index is 626. The van der Waals surface area contributed by atoms with Crippen LogP contribution in [-0.4, -0.2) is 16.6 Å². The third-order valence-corrected chi connectivity index (χ3v) is 3.59. The van der Waals surface area contributed by atoms with E-state index in [2.05, 4.69) is 9.71 Å². The summed E-state index contributed by atoms with van der Waals surface area (Å²) in [5.74, 6) is 0.787. The lowest BCUT2D eigenvalue weighted by Crippen LogP contribution is -2.16. The Labute approximate surface area is 124 Å². The first-order chi connectivity index (χ1) is 9.61. The van der Waals surface area contributed by atoms with E-state index in [0.717, 1.165) is 28.3 Å². The molecule has 2 rings (SSSR count). The molecule has 0 aliphatic rings. The normalized spacial score (nSPS) is 10.3. The molecule has 1 aromatic carbocycles. The molecule has 0 atom stereocenters. The van der Waals surface area contributed by atoms with E-state index in [1.165, 1.54) is 11.9 Å². The van der Waals surface area contributed by atoms with Crippen molar-refractivity contribution in [2.24, 2.45) is 0 Å². The minimum absolute atomic E-state index is 0.0641. The van der Waals surface area contributed by atoms with Crippen molar-refractivity contribution in [3.8, 4) is 11.3 Å². The summed E-state index contributed by atoms with van der Waals surface area (Å²) in [6, 6.07) is 11.6. The van der Waals surface area contributed by atoms with E-state index in [1.54, 1.807) is 0 Å². The number of aryl methyl sites for hydroxylation is 2. The molecule has 1 aromatic heterocycles. The lowest BCUT2D eigenvalue weighted by atomic mass is 10.0. The van der Waals surface area contributed by atoms with Gasteiger partial charge in [0.05, 0.1) is 5.69 Å². The number of aromatic nitrogens is 1. The summed E-state index contributed by atoms with van der Waals surface area (Å²) >= 11 is 1.40. The van der Waals surface area contributed by atoms with Crippen LogP contribution in [0, 0.1) is 13.8 Å². The van der Waals surface area contributed by atoms with E-state index >= 15 is 0 Å². The number of carbonyl (C=O) groups excluding carboxylic acids is 1. The fraction of sp³-hybridized carbons (Fsp3) is 0.250. The fourth-order valence-electron chi connectivity index (χ4n) is 1.93. The Morgan fingerprint density at radius 2 is 2.05 bits per heavy atom. The molecule has 0 aliphatic heterocycles. The first-order valence-electron chi connectivity index (χ1n) is 6.58. The second-order valence-corrected chi connectivity index (χ2v) is 5.63. The second-order valence-electron chi connectivity index (χ2n) is 4.56. The number of hydrogen-bond donors (Lipinski definition) is 1. The number of pyridine rings is 1. The van der Waals surface area contributed by atoms with Gasteiger partial charge in [0.25, 0.3) is 5.91 Å². The molecule has 0 saturated heterocycles. The quantitative estimate of drug-likeness (QED) is 0.870. The van der Waals surface area contributed by atoms with Crippen LogP contribution in [0.5, 0.6) is 0 Å². The van der Waals surface area contributed by atoms with Crippen LogP contribution in [0.15, 0.2) is 36.4 Å². The Morgan fingerprint density at radius 1 is 1.25 bits per heavy atom. The largest absolute Gasteiger partial charge is 0.296 e. The Morgan fingerprint density at radius 3 is 2.75 bits per heavy atom. The van der Waals surface area contributed by atoms with Gasteiger partial charge in [0.2, 0.25) is 0 Å². The highest BCUT2D eigenvalue weighted by atomic mass is 32.2. The van der Waals surface area contributed by atoms with Crippen LogP contribution in [-0.2, 0) is 0 Å². The predicted octanol–water partition coefficient (Wildman–Crippen LogP) is 3.76. The fourth-order valence-corrected chi connectivity index (χ4v) is 2.32. The van der Waals surface area contributed by atoms with Crippen LogP contribution >= 0.6 is 11.9 Å². The third-order valence-electron chi connectivity index (χ3n) is 2.97. The van der Waals surface area contributed by atoms with E-state index in [1.807, 2.05) is 57.2 Å². The summed E-state index contributed by atoms with van der Waals surface area (Å²) < 4.78 is 2.82. The predicted molar refractivity (Wildman–Crippen MR) is 84.7 cm³/mol. The average Bonchev–Trinajstić information content (AvgIpc) is 2.45. The van der Waals surface area contributed by atoms with Gasteiger partial charge in [-0.1, -0.05) is 31.0 Å². The highest BCUT2D eigenvalue weighted by Gasteiger charge is 2.10. The molecule has 20 heavy (non-hydrogen) atoms. The van der Waals surface area contributed by atoms with Crippen molar-refractivity contribution in [2.45, 2.75) is 20.8 Å². The van der Waals surface area contributed by atoms with Gasteiger partial charge in [0.1, 0.15) is 0 Å². The minimum atomic E-state index is -0.0641. The lowest BCUT2D eigenvalue weighted by Gasteiger charge is -2.09. The smallest absolute Gasteiger partial charge is 0.261 e. The van der Waals surface area contributed by atoms with Crippen molar-refractivity contribution >= 4 is 17.9 Å². The molecule has 2 aromatic rings. The lowest BCUT2D eigenvalue weighted by molar-refractivity contribution is 0.0984. The van der Waals surface area contributed by atoms with Gasteiger partial charge < -0.3 is 0 Å². The first kappa shape index (κ1) is 14.6. The van der Waals surface area contributed by atoms with Crippen molar-refractivity contribution in [2.75, 3.05) is 5.75 Å². The number of rotatable bonds is 4. The number of carbonyl (C=O) groups is 1. The third kappa shape index (κ3) is 3.39. The second kappa shape index (κ2) is 6.57. The highest BCUT2D eigenvalue weighted by molar-refractivity contribution is 7.97. The van der Waals surface area contributed by atoms with Crippen molar-refractivity contribution in [1.29, 1.82) is 0 Å². The van der Waals surface area contributed by atoms with E-state index < -0.39 is 0 Å². The summed E-state index contributed by atoms with van der Waals surface area (Å²) in [7, 11) is 0. The highest BCUT2D eigenvalue weighted by Crippen LogP contribution is 2.23. The first-order valence-corrected chi connectivity index (χ1v) is 7.57. The zero-order chi connectivity index (χ0) is 14.5. The monoisotopic (exact) mass is 286 g/mol. The molecule has 4 heteroatoms. The van der Waals surface area contributed by atoms with E-state index in [0.29, 0.717) is 5.56 Å². The average molecular weight is 286 g/mol. The van der Waals surface area contributed by atoms with Gasteiger partial charge in [-0.2, -0.15) is 0 Å². The molecular formula is C16H18N2OS. The van der Waals surface area contributed by atoms with Gasteiger partial charge in [-0.3, -0.25) is 14.5 Å². The summed E-state index contributed by atoms with van der Waals surface area (Å²) in [6.45, 7) is 6.00. The molecular weight excluding hydrogens is 268 g/mol. The van der Waals surface area contributed by atoms with E-state index in [-0.39, 0.29) is 5.91 Å². The van der Waals surface area contributed by atoms with Crippen molar-refractivity contribution in [3.05, 3.63) is 53.2 Å². The zero-order valence-corrected chi connectivity index (χ0v) is 12.8. The molecule has 3 nitrogen and oxygen atoms in total. The number of benzene rings is 1. The Hall–Kier alpha value is -1.81. The molecule has 0 fully saturated rings. The van der Waals surface area contributed by atoms with Gasteiger partial charge >= 0.3 is 0 Å². The van der Waals surface area contributed by atoms with Gasteiger partial charge in [-0.05, 0) is 43.7 Å². The Kier molecular flexibility index (Phi) is 4.79. The summed E-state index contributed by atoms with van der Waals surface area (Å²) in [5, 5.41) is 0. The van der Waals surface area contributed by atoms with Crippen molar-refractivity contribution in [3.63, 3.8) is 0 Å². The van der Waals surface area contributed by atoms with Crippen molar-refractivity contribution < 1.29 is 4.79 Å². The van der Waals surface area contributed by atoms with Crippen LogP contribution in [0.2, 0.25) is 0 Å². The number of amides is 1. The zero-order valence-electron chi connectivity index (χ0n) is 11.9. The molecule has 0 radical (unpaired) electrons. The van der Waals surface area contributed by atoms with Crippen LogP contribution in [0.1, 0.15) is 28.5 Å². The molecule has 1 N–H and O–H groups in total. The minimum Gasteiger partial charge on any atom is -0.296 e. The molecule has 1 heterocycles. The molecule has 0 bridgehead atoms. The molecule has 1 amide bonds. The number of nitrogens with one attached hydrogen (secondary N) is 1. The number of hydrogen-bond acceptors (Lipinski definition) is 3. The molecule has 0 aliphatic carbocycles. The van der Waals surface area contributed by atoms with Crippen LogP contribution in [0.3, 0.4) is 0 Å². The molecule has 0 saturated carbocycles. The summed E-state index contributed by atoms with van der Waals surface area (Å²) in [5.41, 5.74) is 4.65. The summed E-state index contributed by atoms with van der Waals surface area (Å²) in [6.07, 6.45) is 0. The topological polar surface area (TPSA) is 42.0 Å². The van der Waals surface area contributed by atoms with Crippen LogP contribution in [0.25, 0.3) is 11.3 Å². The maximum Gasteiger partial charge on any atom is 0.261 e. The summed E-state index contributed by atoms with van der Waals surface area (Å²) in [4.78, 5) is 16.5. The molecule has 0 spiro atoms. The molecule has 0 unspecified atom stereocenters. The van der Waals surface area contributed by atoms with E-state index in [9.17, 15) is 4.79 Å². The van der Waals surface area contributed by atoms with Gasteiger partial charge in [0, 0.05) is 22.6 Å². The maximum absolute atomic E-state index is 12.0. The van der Waals surface area contributed by atoms with Gasteiger partial charge in [-0.25, -0.2) is 0 Å². The number of nitrogens with zero attached hydrogens (tertiary/aromatic N) is 1. The maximum atomic E-state index is 12.0.